The van der Waals surface area contributed by atoms with Crippen molar-refractivity contribution in [2.45, 2.75) is 26.3 Å². The second kappa shape index (κ2) is 5.95. The summed E-state index contributed by atoms with van der Waals surface area (Å²) in [5.74, 6) is 0. The van der Waals surface area contributed by atoms with Gasteiger partial charge in [-0.3, -0.25) is 0 Å². The van der Waals surface area contributed by atoms with E-state index < -0.39 is 0 Å². The van der Waals surface area contributed by atoms with Crippen molar-refractivity contribution in [3.63, 3.8) is 0 Å². The zero-order chi connectivity index (χ0) is 13.8. The van der Waals surface area contributed by atoms with Crippen molar-refractivity contribution in [1.82, 2.24) is 15.0 Å². The lowest BCUT2D eigenvalue weighted by molar-refractivity contribution is 0.202. The van der Waals surface area contributed by atoms with Crippen LogP contribution in [-0.4, -0.2) is 28.7 Å². The van der Waals surface area contributed by atoms with Gasteiger partial charge in [0.25, 0.3) is 0 Å². The third kappa shape index (κ3) is 2.83. The Labute approximate surface area is 113 Å². The Kier molecular flexibility index (Phi) is 4.29. The lowest BCUT2D eigenvalue weighted by Gasteiger charge is -2.10. The van der Waals surface area contributed by atoms with Gasteiger partial charge in [-0.15, -0.1) is 5.10 Å². The molecule has 0 fully saturated rings. The Morgan fingerprint density at radius 1 is 1.37 bits per heavy atom. The van der Waals surface area contributed by atoms with Crippen molar-refractivity contribution in [3.05, 3.63) is 41.2 Å². The minimum Gasteiger partial charge on any atom is -0.384 e. The van der Waals surface area contributed by atoms with Crippen molar-refractivity contribution >= 4 is 0 Å². The van der Waals surface area contributed by atoms with Crippen LogP contribution in [0.25, 0.3) is 5.69 Å². The van der Waals surface area contributed by atoms with Gasteiger partial charge in [0.1, 0.15) is 5.69 Å². The lowest BCUT2D eigenvalue weighted by Crippen LogP contribution is -2.09. The fraction of sp³-hybridized carbons (Fsp3) is 0.429. The molecule has 1 heterocycles. The van der Waals surface area contributed by atoms with E-state index >= 15 is 0 Å². The van der Waals surface area contributed by atoms with Crippen LogP contribution < -0.4 is 5.73 Å². The number of rotatable bonds is 5. The van der Waals surface area contributed by atoms with E-state index in [-0.39, 0.29) is 6.04 Å². The Morgan fingerprint density at radius 3 is 2.74 bits per heavy atom. The normalized spacial score (nSPS) is 12.6. The van der Waals surface area contributed by atoms with Gasteiger partial charge in [-0.05, 0) is 31.9 Å². The fourth-order valence-corrected chi connectivity index (χ4v) is 2.13. The summed E-state index contributed by atoms with van der Waals surface area (Å²) in [5, 5.41) is 8.39. The average molecular weight is 260 g/mol. The molecule has 0 aliphatic rings. The van der Waals surface area contributed by atoms with Crippen LogP contribution in [0.15, 0.2) is 24.3 Å². The maximum Gasteiger partial charge on any atom is 0.102 e. The first kappa shape index (κ1) is 13.7. The highest BCUT2D eigenvalue weighted by atomic mass is 16.5. The molecule has 0 bridgehead atoms. The third-order valence-corrected chi connectivity index (χ3v) is 3.16. The summed E-state index contributed by atoms with van der Waals surface area (Å²) in [6, 6.07) is 8.03. The van der Waals surface area contributed by atoms with Gasteiger partial charge in [-0.2, -0.15) is 0 Å². The lowest BCUT2D eigenvalue weighted by atomic mass is 10.1. The molecule has 0 aliphatic heterocycles. The Hall–Kier alpha value is -1.72. The Morgan fingerprint density at radius 2 is 2.11 bits per heavy atom. The predicted octanol–water partition coefficient (Wildman–Crippen LogP) is 1.78. The number of aromatic nitrogens is 3. The Bertz CT molecular complexity index is 548. The third-order valence-electron chi connectivity index (χ3n) is 3.16. The van der Waals surface area contributed by atoms with Crippen LogP contribution in [0, 0.1) is 6.92 Å². The largest absolute Gasteiger partial charge is 0.384 e. The quantitative estimate of drug-likeness (QED) is 0.890. The van der Waals surface area contributed by atoms with Crippen LogP contribution >= 0.6 is 0 Å². The first-order valence-corrected chi connectivity index (χ1v) is 6.40. The monoisotopic (exact) mass is 260 g/mol. The van der Waals surface area contributed by atoms with Gasteiger partial charge in [0.05, 0.1) is 18.0 Å². The first-order valence-electron chi connectivity index (χ1n) is 6.40. The van der Waals surface area contributed by atoms with Crippen molar-refractivity contribution in [1.29, 1.82) is 0 Å². The summed E-state index contributed by atoms with van der Waals surface area (Å²) in [6.07, 6.45) is 0.847. The molecule has 1 unspecified atom stereocenters. The van der Waals surface area contributed by atoms with Crippen LogP contribution in [0.5, 0.6) is 0 Å². The van der Waals surface area contributed by atoms with E-state index in [2.05, 4.69) is 16.4 Å². The number of hydrogen-bond acceptors (Lipinski definition) is 4. The van der Waals surface area contributed by atoms with Gasteiger partial charge >= 0.3 is 0 Å². The molecule has 19 heavy (non-hydrogen) atoms. The molecule has 102 valence electrons. The molecule has 1 aromatic carbocycles. The standard InChI is InChI=1S/C14H20N4O/c1-10(15)14-11(2)18(17-16-14)13-7-5-4-6-12(13)8-9-19-3/h4-7,10H,8-9,15H2,1-3H3. The van der Waals surface area contributed by atoms with E-state index in [0.717, 1.165) is 23.5 Å². The molecule has 1 atom stereocenters. The molecule has 0 amide bonds. The second-order valence-corrected chi connectivity index (χ2v) is 4.63. The number of benzene rings is 1. The van der Waals surface area contributed by atoms with E-state index in [1.54, 1.807) is 7.11 Å². The molecule has 1 aromatic heterocycles. The van der Waals surface area contributed by atoms with Crippen molar-refractivity contribution in [2.24, 2.45) is 5.73 Å². The smallest absolute Gasteiger partial charge is 0.102 e. The molecular formula is C14H20N4O. The maximum absolute atomic E-state index is 5.89. The molecule has 5 heteroatoms. The SMILES string of the molecule is COCCc1ccccc1-n1nnc(C(C)N)c1C. The van der Waals surface area contributed by atoms with Gasteiger partial charge in [-0.1, -0.05) is 23.4 Å². The van der Waals surface area contributed by atoms with Gasteiger partial charge in [0, 0.05) is 13.2 Å². The molecule has 0 aliphatic carbocycles. The van der Waals surface area contributed by atoms with E-state index in [4.69, 9.17) is 10.5 Å². The fourth-order valence-electron chi connectivity index (χ4n) is 2.13. The van der Waals surface area contributed by atoms with Gasteiger partial charge in [0.15, 0.2) is 0 Å². The molecule has 5 nitrogen and oxygen atoms in total. The zero-order valence-corrected chi connectivity index (χ0v) is 11.6. The van der Waals surface area contributed by atoms with E-state index in [9.17, 15) is 0 Å². The van der Waals surface area contributed by atoms with Crippen molar-refractivity contribution in [2.75, 3.05) is 13.7 Å². The van der Waals surface area contributed by atoms with Crippen LogP contribution in [0.4, 0.5) is 0 Å². The summed E-state index contributed by atoms with van der Waals surface area (Å²) in [7, 11) is 1.71. The number of ether oxygens (including phenoxy) is 1. The topological polar surface area (TPSA) is 66.0 Å². The number of para-hydroxylation sites is 1. The molecule has 2 aromatic rings. The summed E-state index contributed by atoms with van der Waals surface area (Å²) in [6.45, 7) is 4.59. The summed E-state index contributed by atoms with van der Waals surface area (Å²) >= 11 is 0. The number of nitrogens with two attached hydrogens (primary N) is 1. The predicted molar refractivity (Wildman–Crippen MR) is 74.3 cm³/mol. The average Bonchev–Trinajstić information content (AvgIpc) is 2.78. The van der Waals surface area contributed by atoms with Crippen LogP contribution in [0.2, 0.25) is 0 Å². The first-order chi connectivity index (χ1) is 9.15. The summed E-state index contributed by atoms with van der Waals surface area (Å²) in [5.41, 5.74) is 9.94. The molecule has 2 N–H and O–H groups in total. The second-order valence-electron chi connectivity index (χ2n) is 4.63. The summed E-state index contributed by atoms with van der Waals surface area (Å²) in [4.78, 5) is 0. The zero-order valence-electron chi connectivity index (χ0n) is 11.6. The minimum absolute atomic E-state index is 0.111. The maximum atomic E-state index is 5.89. The molecule has 0 saturated heterocycles. The van der Waals surface area contributed by atoms with Crippen LogP contribution in [0.3, 0.4) is 0 Å². The molecule has 0 radical (unpaired) electrons. The summed E-state index contributed by atoms with van der Waals surface area (Å²) < 4.78 is 7.00. The van der Waals surface area contributed by atoms with Crippen LogP contribution in [0.1, 0.15) is 29.9 Å². The molecule has 2 rings (SSSR count). The molecule has 0 spiro atoms. The number of nitrogens with zero attached hydrogens (tertiary/aromatic N) is 3. The van der Waals surface area contributed by atoms with Crippen LogP contribution in [-0.2, 0) is 11.2 Å². The van der Waals surface area contributed by atoms with Crippen molar-refractivity contribution < 1.29 is 4.74 Å². The Balaban J connectivity index is 2.41. The molecular weight excluding hydrogens is 240 g/mol. The number of hydrogen-bond donors (Lipinski definition) is 1. The highest BCUT2D eigenvalue weighted by Gasteiger charge is 2.14. The van der Waals surface area contributed by atoms with E-state index in [1.807, 2.05) is 36.7 Å². The number of methoxy groups -OCH3 is 1. The van der Waals surface area contributed by atoms with Gasteiger partial charge < -0.3 is 10.5 Å². The van der Waals surface area contributed by atoms with Gasteiger partial charge in [0.2, 0.25) is 0 Å². The minimum atomic E-state index is -0.111. The van der Waals surface area contributed by atoms with E-state index in [1.165, 1.54) is 5.56 Å². The van der Waals surface area contributed by atoms with E-state index in [0.29, 0.717) is 6.61 Å². The van der Waals surface area contributed by atoms with Crippen molar-refractivity contribution in [3.8, 4) is 5.69 Å². The van der Waals surface area contributed by atoms with Gasteiger partial charge in [-0.25, -0.2) is 4.68 Å². The highest BCUT2D eigenvalue weighted by Crippen LogP contribution is 2.19. The highest BCUT2D eigenvalue weighted by molar-refractivity contribution is 5.42. The molecule has 0 saturated carbocycles.